The highest BCUT2D eigenvalue weighted by Gasteiger charge is 2.16. The van der Waals surface area contributed by atoms with Gasteiger partial charge in [-0.2, -0.15) is 0 Å². The van der Waals surface area contributed by atoms with E-state index in [1.54, 1.807) is 19.1 Å². The molecular weight excluding hydrogens is 260 g/mol. The molecule has 0 aliphatic rings. The van der Waals surface area contributed by atoms with Crippen LogP contribution >= 0.6 is 0 Å². The Morgan fingerprint density at radius 2 is 1.95 bits per heavy atom. The minimum atomic E-state index is -0.420. The van der Waals surface area contributed by atoms with Gasteiger partial charge < -0.3 is 14.4 Å². The number of ether oxygens (including phenoxy) is 2. The molecule has 110 valence electrons. The Kier molecular flexibility index (Phi) is 5.96. The maximum atomic E-state index is 11.5. The standard InChI is InChI=1S/C14H20N2O4/c1-5-8-16(9-13(17)19-3)12-7-6-11(10(2)15-12)14(18)20-4/h6-7H,5,8-9H2,1-4H3. The van der Waals surface area contributed by atoms with Gasteiger partial charge in [-0.15, -0.1) is 0 Å². The van der Waals surface area contributed by atoms with Crippen molar-refractivity contribution >= 4 is 17.8 Å². The molecule has 0 N–H and O–H groups in total. The van der Waals surface area contributed by atoms with Gasteiger partial charge in [0.25, 0.3) is 0 Å². The number of nitrogens with zero attached hydrogens (tertiary/aromatic N) is 2. The summed E-state index contributed by atoms with van der Waals surface area (Å²) in [5.41, 5.74) is 0.992. The zero-order chi connectivity index (χ0) is 15.1. The molecule has 0 radical (unpaired) electrons. The van der Waals surface area contributed by atoms with Gasteiger partial charge in [-0.05, 0) is 25.5 Å². The van der Waals surface area contributed by atoms with Gasteiger partial charge in [-0.3, -0.25) is 4.79 Å². The summed E-state index contributed by atoms with van der Waals surface area (Å²) in [6.07, 6.45) is 0.872. The Morgan fingerprint density at radius 3 is 2.45 bits per heavy atom. The second-order valence-electron chi connectivity index (χ2n) is 4.29. The van der Waals surface area contributed by atoms with Crippen LogP contribution in [-0.4, -0.2) is 44.2 Å². The molecule has 0 aromatic carbocycles. The predicted molar refractivity (Wildman–Crippen MR) is 74.8 cm³/mol. The highest BCUT2D eigenvalue weighted by Crippen LogP contribution is 2.16. The van der Waals surface area contributed by atoms with Crippen molar-refractivity contribution in [1.82, 2.24) is 4.98 Å². The third kappa shape index (κ3) is 3.94. The second-order valence-corrected chi connectivity index (χ2v) is 4.29. The molecule has 6 nitrogen and oxygen atoms in total. The number of pyridine rings is 1. The van der Waals surface area contributed by atoms with Gasteiger partial charge in [-0.1, -0.05) is 6.92 Å². The first-order valence-electron chi connectivity index (χ1n) is 6.41. The molecule has 0 atom stereocenters. The number of esters is 2. The average Bonchev–Trinajstić information content (AvgIpc) is 2.45. The molecule has 1 aromatic rings. The molecule has 0 bridgehead atoms. The predicted octanol–water partition coefficient (Wildman–Crippen LogP) is 1.57. The number of carbonyl (C=O) groups excluding carboxylic acids is 2. The van der Waals surface area contributed by atoms with Crippen LogP contribution in [0.25, 0.3) is 0 Å². The van der Waals surface area contributed by atoms with Crippen LogP contribution in [-0.2, 0) is 14.3 Å². The van der Waals surface area contributed by atoms with Crippen LogP contribution in [0.3, 0.4) is 0 Å². The molecule has 20 heavy (non-hydrogen) atoms. The van der Waals surface area contributed by atoms with E-state index in [-0.39, 0.29) is 12.5 Å². The molecule has 0 spiro atoms. The molecule has 0 amide bonds. The summed E-state index contributed by atoms with van der Waals surface area (Å²) in [5.74, 6) is -0.103. The van der Waals surface area contributed by atoms with Crippen molar-refractivity contribution in [3.8, 4) is 0 Å². The fourth-order valence-electron chi connectivity index (χ4n) is 1.81. The van der Waals surface area contributed by atoms with Crippen LogP contribution in [0.2, 0.25) is 0 Å². The number of aromatic nitrogens is 1. The van der Waals surface area contributed by atoms with Gasteiger partial charge in [0.05, 0.1) is 25.5 Å². The quantitative estimate of drug-likeness (QED) is 0.737. The highest BCUT2D eigenvalue weighted by molar-refractivity contribution is 5.90. The zero-order valence-electron chi connectivity index (χ0n) is 12.3. The number of anilines is 1. The molecule has 1 heterocycles. The average molecular weight is 280 g/mol. The molecule has 0 unspecified atom stereocenters. The number of hydrogen-bond acceptors (Lipinski definition) is 6. The normalized spacial score (nSPS) is 10.0. The van der Waals surface area contributed by atoms with E-state index >= 15 is 0 Å². The van der Waals surface area contributed by atoms with Crippen molar-refractivity contribution in [3.63, 3.8) is 0 Å². The Labute approximate surface area is 118 Å². The lowest BCUT2D eigenvalue weighted by molar-refractivity contribution is -0.138. The summed E-state index contributed by atoms with van der Waals surface area (Å²) in [4.78, 5) is 29.1. The first-order valence-corrected chi connectivity index (χ1v) is 6.41. The van der Waals surface area contributed by atoms with E-state index in [4.69, 9.17) is 0 Å². The first kappa shape index (κ1) is 15.9. The van der Waals surface area contributed by atoms with E-state index in [1.165, 1.54) is 14.2 Å². The van der Waals surface area contributed by atoms with Crippen molar-refractivity contribution in [2.45, 2.75) is 20.3 Å². The van der Waals surface area contributed by atoms with Crippen molar-refractivity contribution in [1.29, 1.82) is 0 Å². The van der Waals surface area contributed by atoms with Gasteiger partial charge in [0.1, 0.15) is 12.4 Å². The largest absolute Gasteiger partial charge is 0.468 e. The van der Waals surface area contributed by atoms with Crippen LogP contribution in [0.5, 0.6) is 0 Å². The summed E-state index contributed by atoms with van der Waals surface area (Å²) >= 11 is 0. The molecule has 0 aliphatic heterocycles. The molecule has 0 fully saturated rings. The van der Waals surface area contributed by atoms with Crippen LogP contribution in [0.4, 0.5) is 5.82 Å². The summed E-state index contributed by atoms with van der Waals surface area (Å²) < 4.78 is 9.36. The Hall–Kier alpha value is -2.11. The van der Waals surface area contributed by atoms with E-state index in [1.807, 2.05) is 11.8 Å². The summed E-state index contributed by atoms with van der Waals surface area (Å²) in [7, 11) is 2.68. The Morgan fingerprint density at radius 1 is 1.25 bits per heavy atom. The van der Waals surface area contributed by atoms with E-state index < -0.39 is 5.97 Å². The topological polar surface area (TPSA) is 68.7 Å². The van der Waals surface area contributed by atoms with Crippen molar-refractivity contribution < 1.29 is 19.1 Å². The van der Waals surface area contributed by atoms with Gasteiger partial charge in [0.2, 0.25) is 0 Å². The van der Waals surface area contributed by atoms with Crippen molar-refractivity contribution in [3.05, 3.63) is 23.4 Å². The second kappa shape index (κ2) is 7.47. The number of aryl methyl sites for hydroxylation is 1. The fraction of sp³-hybridized carbons (Fsp3) is 0.500. The number of carbonyl (C=O) groups is 2. The number of methoxy groups -OCH3 is 2. The maximum Gasteiger partial charge on any atom is 0.339 e. The molecule has 0 aliphatic carbocycles. The highest BCUT2D eigenvalue weighted by atomic mass is 16.5. The van der Waals surface area contributed by atoms with E-state index in [0.717, 1.165) is 6.42 Å². The Balaban J connectivity index is 3.00. The van der Waals surface area contributed by atoms with Crippen LogP contribution in [0, 0.1) is 6.92 Å². The summed E-state index contributed by atoms with van der Waals surface area (Å²) in [6, 6.07) is 3.36. The van der Waals surface area contributed by atoms with E-state index in [2.05, 4.69) is 14.5 Å². The van der Waals surface area contributed by atoms with Crippen molar-refractivity contribution in [2.24, 2.45) is 0 Å². The van der Waals surface area contributed by atoms with Crippen LogP contribution < -0.4 is 4.90 Å². The van der Waals surface area contributed by atoms with Gasteiger partial charge in [0.15, 0.2) is 0 Å². The summed E-state index contributed by atoms with van der Waals surface area (Å²) in [5, 5.41) is 0. The zero-order valence-corrected chi connectivity index (χ0v) is 12.3. The lowest BCUT2D eigenvalue weighted by atomic mass is 10.2. The molecule has 0 saturated carbocycles. The minimum Gasteiger partial charge on any atom is -0.468 e. The third-order valence-corrected chi connectivity index (χ3v) is 2.84. The SMILES string of the molecule is CCCN(CC(=O)OC)c1ccc(C(=O)OC)c(C)n1. The number of rotatable bonds is 6. The monoisotopic (exact) mass is 280 g/mol. The summed E-state index contributed by atoms with van der Waals surface area (Å²) in [6.45, 7) is 4.56. The molecule has 0 saturated heterocycles. The van der Waals surface area contributed by atoms with Gasteiger partial charge in [0, 0.05) is 6.54 Å². The lowest BCUT2D eigenvalue weighted by Crippen LogP contribution is -2.32. The third-order valence-electron chi connectivity index (χ3n) is 2.84. The van der Waals surface area contributed by atoms with Crippen LogP contribution in [0.1, 0.15) is 29.4 Å². The fourth-order valence-corrected chi connectivity index (χ4v) is 1.81. The minimum absolute atomic E-state index is 0.133. The lowest BCUT2D eigenvalue weighted by Gasteiger charge is -2.22. The van der Waals surface area contributed by atoms with Crippen LogP contribution in [0.15, 0.2) is 12.1 Å². The molecule has 1 rings (SSSR count). The van der Waals surface area contributed by atoms with E-state index in [0.29, 0.717) is 23.6 Å². The maximum absolute atomic E-state index is 11.5. The van der Waals surface area contributed by atoms with Gasteiger partial charge >= 0.3 is 11.9 Å². The molecule has 1 aromatic heterocycles. The van der Waals surface area contributed by atoms with Crippen molar-refractivity contribution in [2.75, 3.05) is 32.2 Å². The molecule has 6 heteroatoms. The molecular formula is C14H20N2O4. The smallest absolute Gasteiger partial charge is 0.339 e. The van der Waals surface area contributed by atoms with E-state index in [9.17, 15) is 9.59 Å². The Bertz CT molecular complexity index is 488. The first-order chi connectivity index (χ1) is 9.53. The van der Waals surface area contributed by atoms with Gasteiger partial charge in [-0.25, -0.2) is 9.78 Å². The number of hydrogen-bond donors (Lipinski definition) is 0.